The minimum absolute atomic E-state index is 0. The van der Waals surface area contributed by atoms with E-state index in [4.69, 9.17) is 9.98 Å². The van der Waals surface area contributed by atoms with Gasteiger partial charge in [0.25, 0.3) is 0 Å². The van der Waals surface area contributed by atoms with Crippen LogP contribution in [0.3, 0.4) is 0 Å². The molecule has 2 saturated heterocycles. The van der Waals surface area contributed by atoms with Crippen LogP contribution in [0.1, 0.15) is 167 Å². The van der Waals surface area contributed by atoms with Gasteiger partial charge in [0.2, 0.25) is 0 Å². The second-order valence-corrected chi connectivity index (χ2v) is 18.4. The van der Waals surface area contributed by atoms with E-state index < -0.39 is 12.2 Å². The summed E-state index contributed by atoms with van der Waals surface area (Å²) in [6.45, 7) is 25.4. The van der Waals surface area contributed by atoms with Gasteiger partial charge in [-0.05, 0) is 109 Å². The molecule has 0 N–H and O–H groups in total. The molecule has 55 heavy (non-hydrogen) atoms. The molecule has 2 atom stereocenters. The van der Waals surface area contributed by atoms with Crippen molar-refractivity contribution in [3.63, 3.8) is 0 Å². The average Bonchev–Trinajstić information content (AvgIpc) is 3.09. The van der Waals surface area contributed by atoms with Crippen LogP contribution in [0.2, 0.25) is 0 Å². The molecule has 2 aromatic rings. The smallest absolute Gasteiger partial charge is 0.872 e. The minimum atomic E-state index is -0.417. The summed E-state index contributed by atoms with van der Waals surface area (Å²) in [6, 6.07) is 8.38. The third-order valence-corrected chi connectivity index (χ3v) is 10.3. The molecular weight excluding hydrogens is 720 g/mol. The van der Waals surface area contributed by atoms with Gasteiger partial charge in [-0.1, -0.05) is 131 Å². The van der Waals surface area contributed by atoms with Crippen molar-refractivity contribution in [1.29, 1.82) is 0 Å². The molecule has 2 aromatic carbocycles. The zero-order valence-electron chi connectivity index (χ0n) is 36.0. The predicted octanol–water partition coefficient (Wildman–Crippen LogP) is 6.76. The number of piperidine rings is 2. The molecule has 3 fully saturated rings. The van der Waals surface area contributed by atoms with Gasteiger partial charge in [-0.2, -0.15) is 0 Å². The molecule has 3 aliphatic rings. The third-order valence-electron chi connectivity index (χ3n) is 10.3. The number of rotatable bonds is 8. The maximum atomic E-state index is 13.7. The Kier molecular flexibility index (Phi) is 20.9. The number of hydrogen-bond donors (Lipinski definition) is 0. The van der Waals surface area contributed by atoms with Crippen molar-refractivity contribution in [3.05, 3.63) is 57.6 Å². The van der Waals surface area contributed by atoms with Crippen molar-refractivity contribution in [2.24, 2.45) is 9.98 Å². The van der Waals surface area contributed by atoms with Gasteiger partial charge in [0.1, 0.15) is 0 Å². The van der Waals surface area contributed by atoms with Gasteiger partial charge in [-0.25, -0.2) is 0 Å². The molecule has 2 heterocycles. The van der Waals surface area contributed by atoms with E-state index in [0.717, 1.165) is 63.0 Å². The quantitative estimate of drug-likeness (QED) is 0.215. The Morgan fingerprint density at radius 2 is 0.891 bits per heavy atom. The summed E-state index contributed by atoms with van der Waals surface area (Å²) in [5, 5.41) is 46.5. The number of nitrogens with zero attached hydrogens (tertiary/aromatic N) is 4. The van der Waals surface area contributed by atoms with Gasteiger partial charge in [0.05, 0.1) is 12.1 Å². The number of hydrogen-bond acceptors (Lipinski definition) is 8. The molecule has 0 amide bonds. The Morgan fingerprint density at radius 3 is 1.18 bits per heavy atom. The first-order chi connectivity index (χ1) is 25.3. The summed E-state index contributed by atoms with van der Waals surface area (Å²) < 4.78 is 0. The molecule has 8 nitrogen and oxygen atoms in total. The van der Waals surface area contributed by atoms with Gasteiger partial charge in [-0.3, -0.25) is 19.8 Å². The molecule has 0 bridgehead atoms. The molecule has 0 unspecified atom stereocenters. The molecule has 0 radical (unpaired) electrons. The van der Waals surface area contributed by atoms with Gasteiger partial charge >= 0.3 is 21.7 Å². The molecule has 9 heteroatoms. The zero-order chi connectivity index (χ0) is 40.1. The number of aliphatic imine (C=N–C) groups is 2. The normalized spacial score (nSPS) is 20.3. The Balaban J connectivity index is 0.00000106. The molecule has 304 valence electrons. The second kappa shape index (κ2) is 23.4. The van der Waals surface area contributed by atoms with Crippen molar-refractivity contribution in [2.75, 3.05) is 26.2 Å². The van der Waals surface area contributed by atoms with Crippen LogP contribution in [0.4, 0.5) is 0 Å². The topological polar surface area (TPSA) is 123 Å². The number of benzene rings is 2. The molecule has 1 aliphatic carbocycles. The van der Waals surface area contributed by atoms with Crippen LogP contribution < -0.4 is 20.4 Å². The first-order valence-electron chi connectivity index (χ1n) is 20.9. The Hall–Kier alpha value is -2.07. The van der Waals surface area contributed by atoms with Crippen molar-refractivity contribution >= 4 is 12.4 Å². The van der Waals surface area contributed by atoms with E-state index in [-0.39, 0.29) is 56.1 Å². The van der Waals surface area contributed by atoms with Crippen LogP contribution in [0.25, 0.3) is 0 Å². The summed E-state index contributed by atoms with van der Waals surface area (Å²) in [4.78, 5) is 15.0. The summed E-state index contributed by atoms with van der Waals surface area (Å²) in [5.74, 6) is 0.212. The summed E-state index contributed by atoms with van der Waals surface area (Å²) in [6.07, 6.45) is 14.3. The van der Waals surface area contributed by atoms with Crippen LogP contribution in [0.15, 0.2) is 34.3 Å². The van der Waals surface area contributed by atoms with Gasteiger partial charge in [-0.15, -0.1) is 12.2 Å². The summed E-state index contributed by atoms with van der Waals surface area (Å²) >= 11 is 0. The van der Waals surface area contributed by atoms with Crippen LogP contribution in [0, 0.1) is 0 Å². The molecule has 5 rings (SSSR count). The largest absolute Gasteiger partial charge is 4.00 e. The van der Waals surface area contributed by atoms with E-state index >= 15 is 0 Å². The maximum Gasteiger partial charge on any atom is 4.00 e. The number of likely N-dealkylation sites (tertiary alicyclic amines) is 2. The van der Waals surface area contributed by atoms with Crippen LogP contribution in [0.5, 0.6) is 11.5 Å². The van der Waals surface area contributed by atoms with Gasteiger partial charge in [0, 0.05) is 25.5 Å². The average molecular weight is 793 g/mol. The fourth-order valence-electron chi connectivity index (χ4n) is 7.23. The van der Waals surface area contributed by atoms with Gasteiger partial charge in [0.15, 0.2) is 0 Å². The van der Waals surface area contributed by atoms with Gasteiger partial charge < -0.3 is 20.4 Å². The standard InChI is InChI=1S/C40H60N4O2.2C3H7O.Ti/c1-39(2,3)33-21-29(37(45)31(23-33)27-43-17-11-7-12-18-43)25-41-35-15-9-10-16-36(35)42-26-30-22-34(40(4,5)6)24-32(38(30)46)28-44-19-13-8-14-20-44;2*1-3(2)4;/h21-26,35-36,45-46H,7-20,27-28H2,1-6H3;2*3H,1-2H3;/q;2*-1;+4/p-2/t35-,36-;;;/m0.../s1. The summed E-state index contributed by atoms with van der Waals surface area (Å²) in [5.41, 5.74) is 5.39. The van der Waals surface area contributed by atoms with Crippen molar-refractivity contribution in [3.8, 4) is 11.5 Å². The van der Waals surface area contributed by atoms with Crippen molar-refractivity contribution < 1.29 is 42.1 Å². The van der Waals surface area contributed by atoms with Crippen LogP contribution in [-0.2, 0) is 45.6 Å². The fourth-order valence-corrected chi connectivity index (χ4v) is 7.23. The van der Waals surface area contributed by atoms with Crippen molar-refractivity contribution in [1.82, 2.24) is 9.80 Å². The molecule has 0 spiro atoms. The first-order valence-corrected chi connectivity index (χ1v) is 20.9. The van der Waals surface area contributed by atoms with E-state index in [0.29, 0.717) is 24.2 Å². The SMILES string of the molecule is CC(C)(C)c1cc(C=N[C@H]2CCCC[C@@H]2N=Cc2cc(C(C)(C)C)cc(CN3CCCCC3)c2[O-])c([O-])c(CN2CCCCC2)c1.CC(C)[O-].CC(C)[O-].[Ti+4]. The molecule has 1 saturated carbocycles. The zero-order valence-corrected chi connectivity index (χ0v) is 37.6. The maximum absolute atomic E-state index is 13.7. The Bertz CT molecular complexity index is 1370. The third kappa shape index (κ3) is 17.1. The first kappa shape index (κ1) is 49.1. The van der Waals surface area contributed by atoms with Crippen molar-refractivity contribution in [2.45, 2.75) is 182 Å². The molecular formula is C46H72N4O4Ti. The molecule has 2 aliphatic heterocycles. The van der Waals surface area contributed by atoms with Crippen LogP contribution >= 0.6 is 0 Å². The van der Waals surface area contributed by atoms with E-state index in [1.165, 1.54) is 49.7 Å². The van der Waals surface area contributed by atoms with E-state index in [9.17, 15) is 20.4 Å². The van der Waals surface area contributed by atoms with E-state index in [2.05, 4.69) is 75.6 Å². The van der Waals surface area contributed by atoms with E-state index in [1.54, 1.807) is 27.7 Å². The fraction of sp³-hybridized carbons (Fsp3) is 0.696. The monoisotopic (exact) mass is 793 g/mol. The summed E-state index contributed by atoms with van der Waals surface area (Å²) in [7, 11) is 0. The predicted molar refractivity (Wildman–Crippen MR) is 219 cm³/mol. The Labute approximate surface area is 349 Å². The van der Waals surface area contributed by atoms with E-state index in [1.807, 2.05) is 12.4 Å². The second-order valence-electron chi connectivity index (χ2n) is 18.4. The Morgan fingerprint density at radius 1 is 0.582 bits per heavy atom. The minimum Gasteiger partial charge on any atom is -0.872 e. The molecule has 0 aromatic heterocycles. The van der Waals surface area contributed by atoms with Crippen LogP contribution in [-0.4, -0.2) is 72.7 Å².